The maximum atomic E-state index is 12.5. The van der Waals surface area contributed by atoms with E-state index in [9.17, 15) is 9.59 Å². The minimum absolute atomic E-state index is 0.105. The van der Waals surface area contributed by atoms with Crippen molar-refractivity contribution in [2.45, 2.75) is 25.8 Å². The summed E-state index contributed by atoms with van der Waals surface area (Å²) in [6, 6.07) is 7.48. The zero-order valence-electron chi connectivity index (χ0n) is 13.8. The standard InChI is InChI=1S/C18H18N4O3/c1-25-12-7-5-11(6-8-12)9-19-17(23)14-10-20-22-16(14)21-15-4-2-3-13(15)18(22)24/h5-8,10,20H,2-4,9H2,1H3,(H,19,23). The summed E-state index contributed by atoms with van der Waals surface area (Å²) >= 11 is 0. The van der Waals surface area contributed by atoms with Crippen LogP contribution in [0.5, 0.6) is 5.75 Å². The molecule has 0 aliphatic heterocycles. The zero-order valence-corrected chi connectivity index (χ0v) is 13.8. The number of rotatable bonds is 4. The van der Waals surface area contributed by atoms with Crippen molar-refractivity contribution in [2.75, 3.05) is 7.11 Å². The van der Waals surface area contributed by atoms with Crippen molar-refractivity contribution in [3.8, 4) is 5.75 Å². The van der Waals surface area contributed by atoms with E-state index in [1.807, 2.05) is 24.3 Å². The maximum absolute atomic E-state index is 12.5. The number of hydrogen-bond acceptors (Lipinski definition) is 4. The van der Waals surface area contributed by atoms with Gasteiger partial charge in [-0.05, 0) is 37.0 Å². The molecule has 0 fully saturated rings. The van der Waals surface area contributed by atoms with Crippen LogP contribution in [0.2, 0.25) is 0 Å². The normalized spacial score (nSPS) is 13.0. The number of aromatic nitrogens is 3. The molecule has 1 aliphatic rings. The van der Waals surface area contributed by atoms with Crippen LogP contribution in [0.3, 0.4) is 0 Å². The fourth-order valence-electron chi connectivity index (χ4n) is 3.17. The Kier molecular flexibility index (Phi) is 3.76. The highest BCUT2D eigenvalue weighted by atomic mass is 16.5. The van der Waals surface area contributed by atoms with Crippen molar-refractivity contribution in [2.24, 2.45) is 0 Å². The van der Waals surface area contributed by atoms with Crippen LogP contribution in [0.4, 0.5) is 0 Å². The molecule has 0 unspecified atom stereocenters. The first kappa shape index (κ1) is 15.4. The highest BCUT2D eigenvalue weighted by Crippen LogP contribution is 2.18. The van der Waals surface area contributed by atoms with E-state index < -0.39 is 0 Å². The Balaban J connectivity index is 1.58. The third-order valence-corrected chi connectivity index (χ3v) is 4.54. The van der Waals surface area contributed by atoms with E-state index in [0.29, 0.717) is 17.8 Å². The van der Waals surface area contributed by atoms with Gasteiger partial charge in [0.15, 0.2) is 5.65 Å². The summed E-state index contributed by atoms with van der Waals surface area (Å²) in [5.41, 5.74) is 3.18. The van der Waals surface area contributed by atoms with Crippen LogP contribution in [-0.2, 0) is 19.4 Å². The van der Waals surface area contributed by atoms with Gasteiger partial charge in [-0.25, -0.2) is 9.50 Å². The lowest BCUT2D eigenvalue weighted by atomic mass is 10.2. The molecule has 25 heavy (non-hydrogen) atoms. The number of ether oxygens (including phenoxy) is 1. The minimum atomic E-state index is -0.264. The molecule has 0 atom stereocenters. The smallest absolute Gasteiger partial charge is 0.276 e. The van der Waals surface area contributed by atoms with Crippen molar-refractivity contribution < 1.29 is 9.53 Å². The second-order valence-corrected chi connectivity index (χ2v) is 6.07. The van der Waals surface area contributed by atoms with E-state index >= 15 is 0 Å². The van der Waals surface area contributed by atoms with Crippen molar-refractivity contribution in [1.82, 2.24) is 19.9 Å². The summed E-state index contributed by atoms with van der Waals surface area (Å²) in [5.74, 6) is 0.503. The molecule has 4 rings (SSSR count). The van der Waals surface area contributed by atoms with Gasteiger partial charge in [-0.15, -0.1) is 0 Å². The Hall–Kier alpha value is -3.09. The molecule has 2 heterocycles. The van der Waals surface area contributed by atoms with Crippen molar-refractivity contribution in [3.63, 3.8) is 0 Å². The molecule has 0 spiro atoms. The first-order chi connectivity index (χ1) is 12.2. The second kappa shape index (κ2) is 6.08. The van der Waals surface area contributed by atoms with Crippen LogP contribution in [0.1, 0.15) is 33.6 Å². The summed E-state index contributed by atoms with van der Waals surface area (Å²) in [5, 5.41) is 5.71. The number of carbonyl (C=O) groups is 1. The summed E-state index contributed by atoms with van der Waals surface area (Å²) in [7, 11) is 1.61. The lowest BCUT2D eigenvalue weighted by Crippen LogP contribution is -2.24. The van der Waals surface area contributed by atoms with E-state index in [0.717, 1.165) is 41.8 Å². The lowest BCUT2D eigenvalue weighted by molar-refractivity contribution is 0.0952. The lowest BCUT2D eigenvalue weighted by Gasteiger charge is -2.06. The van der Waals surface area contributed by atoms with Gasteiger partial charge in [0.2, 0.25) is 0 Å². The van der Waals surface area contributed by atoms with Gasteiger partial charge in [-0.2, -0.15) is 0 Å². The summed E-state index contributed by atoms with van der Waals surface area (Å²) in [4.78, 5) is 29.5. The molecule has 2 N–H and O–H groups in total. The van der Waals surface area contributed by atoms with E-state index in [1.165, 1.54) is 10.7 Å². The molecule has 1 aliphatic carbocycles. The molecular weight excluding hydrogens is 320 g/mol. The number of aromatic amines is 1. The molecule has 0 radical (unpaired) electrons. The number of H-pyrrole nitrogens is 1. The number of fused-ring (bicyclic) bond motifs is 2. The van der Waals surface area contributed by atoms with Gasteiger partial charge in [0.1, 0.15) is 11.3 Å². The molecule has 7 heteroatoms. The first-order valence-corrected chi connectivity index (χ1v) is 8.20. The number of nitrogens with zero attached hydrogens (tertiary/aromatic N) is 2. The van der Waals surface area contributed by atoms with E-state index in [-0.39, 0.29) is 11.5 Å². The molecule has 2 aromatic heterocycles. The summed E-state index contributed by atoms with van der Waals surface area (Å²) in [6.07, 6.45) is 4.01. The van der Waals surface area contributed by atoms with Gasteiger partial charge in [0.05, 0.1) is 12.8 Å². The van der Waals surface area contributed by atoms with Crippen LogP contribution in [0.15, 0.2) is 35.3 Å². The number of nitrogens with one attached hydrogen (secondary N) is 2. The fraction of sp³-hybridized carbons (Fsp3) is 0.278. The Morgan fingerprint density at radius 3 is 2.88 bits per heavy atom. The van der Waals surface area contributed by atoms with Crippen LogP contribution in [0.25, 0.3) is 5.65 Å². The molecule has 128 valence electrons. The molecule has 0 saturated heterocycles. The highest BCUT2D eigenvalue weighted by Gasteiger charge is 2.22. The number of benzene rings is 1. The molecular formula is C18H18N4O3. The third kappa shape index (κ3) is 2.67. The predicted molar refractivity (Wildman–Crippen MR) is 92.0 cm³/mol. The molecule has 0 bridgehead atoms. The molecule has 3 aromatic rings. The molecule has 1 amide bonds. The zero-order chi connectivity index (χ0) is 17.4. The average Bonchev–Trinajstić information content (AvgIpc) is 3.27. The number of hydrogen-bond donors (Lipinski definition) is 2. The predicted octanol–water partition coefficient (Wildman–Crippen LogP) is 1.45. The SMILES string of the molecule is COc1ccc(CNC(=O)c2c[nH]n3c(=O)c4c(nc23)CCC4)cc1. The third-order valence-electron chi connectivity index (χ3n) is 4.54. The fourth-order valence-corrected chi connectivity index (χ4v) is 3.17. The molecule has 1 aromatic carbocycles. The van der Waals surface area contributed by atoms with Gasteiger partial charge in [0, 0.05) is 18.3 Å². The first-order valence-electron chi connectivity index (χ1n) is 8.20. The Morgan fingerprint density at radius 2 is 2.12 bits per heavy atom. The number of aryl methyl sites for hydroxylation is 1. The topological polar surface area (TPSA) is 88.5 Å². The largest absolute Gasteiger partial charge is 0.497 e. The Labute approximate surface area is 143 Å². The summed E-state index contributed by atoms with van der Waals surface area (Å²) in [6.45, 7) is 0.384. The van der Waals surface area contributed by atoms with Crippen LogP contribution in [0, 0.1) is 0 Å². The van der Waals surface area contributed by atoms with Crippen LogP contribution < -0.4 is 15.6 Å². The van der Waals surface area contributed by atoms with Crippen molar-refractivity contribution in [3.05, 3.63) is 63.2 Å². The molecule has 0 saturated carbocycles. The average molecular weight is 338 g/mol. The van der Waals surface area contributed by atoms with Gasteiger partial charge in [-0.1, -0.05) is 12.1 Å². The minimum Gasteiger partial charge on any atom is -0.497 e. The van der Waals surface area contributed by atoms with Crippen molar-refractivity contribution in [1.29, 1.82) is 0 Å². The Morgan fingerprint density at radius 1 is 1.32 bits per heavy atom. The van der Waals surface area contributed by atoms with E-state index in [1.54, 1.807) is 7.11 Å². The van der Waals surface area contributed by atoms with Gasteiger partial charge in [-0.3, -0.25) is 14.7 Å². The number of carbonyl (C=O) groups excluding carboxylic acids is 1. The van der Waals surface area contributed by atoms with Crippen LogP contribution in [-0.4, -0.2) is 27.6 Å². The van der Waals surface area contributed by atoms with Gasteiger partial charge in [0.25, 0.3) is 11.5 Å². The highest BCUT2D eigenvalue weighted by molar-refractivity contribution is 5.99. The van der Waals surface area contributed by atoms with Gasteiger partial charge < -0.3 is 10.1 Å². The Bertz CT molecular complexity index is 1000. The van der Waals surface area contributed by atoms with Gasteiger partial charge >= 0.3 is 0 Å². The number of methoxy groups -OCH3 is 1. The van der Waals surface area contributed by atoms with E-state index in [4.69, 9.17) is 4.74 Å². The molecule has 7 nitrogen and oxygen atoms in total. The maximum Gasteiger partial charge on any atom is 0.276 e. The quantitative estimate of drug-likeness (QED) is 0.754. The monoisotopic (exact) mass is 338 g/mol. The number of amides is 1. The van der Waals surface area contributed by atoms with E-state index in [2.05, 4.69) is 15.4 Å². The van der Waals surface area contributed by atoms with Crippen LogP contribution >= 0.6 is 0 Å². The second-order valence-electron chi connectivity index (χ2n) is 6.07. The van der Waals surface area contributed by atoms with Crippen molar-refractivity contribution >= 4 is 11.6 Å². The summed E-state index contributed by atoms with van der Waals surface area (Å²) < 4.78 is 6.47.